The van der Waals surface area contributed by atoms with Crippen molar-refractivity contribution in [2.45, 2.75) is 40.2 Å². The van der Waals surface area contributed by atoms with Gasteiger partial charge in [0.1, 0.15) is 0 Å². The van der Waals surface area contributed by atoms with E-state index < -0.39 is 0 Å². The van der Waals surface area contributed by atoms with Crippen molar-refractivity contribution in [1.29, 1.82) is 0 Å². The van der Waals surface area contributed by atoms with Gasteiger partial charge in [-0.3, -0.25) is 0 Å². The van der Waals surface area contributed by atoms with Gasteiger partial charge in [0.25, 0.3) is 0 Å². The normalized spacial score (nSPS) is 19.7. The van der Waals surface area contributed by atoms with E-state index >= 15 is 0 Å². The van der Waals surface area contributed by atoms with Gasteiger partial charge in [-0.05, 0) is 60.1 Å². The third kappa shape index (κ3) is 2.22. The Morgan fingerprint density at radius 3 is 2.50 bits per heavy atom. The Bertz CT molecular complexity index is 640. The van der Waals surface area contributed by atoms with Crippen molar-refractivity contribution in [2.24, 2.45) is 5.41 Å². The lowest BCUT2D eigenvalue weighted by Gasteiger charge is -2.29. The average Bonchev–Trinajstić information content (AvgIpc) is 2.65. The van der Waals surface area contributed by atoms with E-state index in [1.165, 1.54) is 27.9 Å². The zero-order valence-electron chi connectivity index (χ0n) is 12.8. The molecular formula is C19H23N. The molecule has 1 unspecified atom stereocenters. The van der Waals surface area contributed by atoms with Gasteiger partial charge in [0.15, 0.2) is 0 Å². The number of rotatable bonds is 2. The molecule has 0 bridgehead atoms. The number of aryl methyl sites for hydroxylation is 2. The molecule has 0 amide bonds. The van der Waals surface area contributed by atoms with E-state index in [1.54, 1.807) is 0 Å². The predicted octanol–water partition coefficient (Wildman–Crippen LogP) is 5.04. The minimum Gasteiger partial charge on any atom is -0.378 e. The van der Waals surface area contributed by atoms with E-state index in [0.29, 0.717) is 6.04 Å². The second-order valence-electron chi connectivity index (χ2n) is 6.74. The molecule has 0 aromatic heterocycles. The molecule has 1 atom stereocenters. The fourth-order valence-electron chi connectivity index (χ4n) is 3.26. The van der Waals surface area contributed by atoms with E-state index in [9.17, 15) is 0 Å². The van der Waals surface area contributed by atoms with Gasteiger partial charge in [-0.1, -0.05) is 44.2 Å². The van der Waals surface area contributed by atoms with Crippen LogP contribution in [-0.2, 0) is 6.42 Å². The fraction of sp³-hybridized carbons (Fsp3) is 0.368. The number of benzene rings is 2. The summed E-state index contributed by atoms with van der Waals surface area (Å²) in [6, 6.07) is 15.9. The Morgan fingerprint density at radius 1 is 1.00 bits per heavy atom. The van der Waals surface area contributed by atoms with Crippen LogP contribution in [0.5, 0.6) is 0 Å². The van der Waals surface area contributed by atoms with Crippen LogP contribution in [0, 0.1) is 19.3 Å². The molecule has 0 fully saturated rings. The lowest BCUT2D eigenvalue weighted by Crippen LogP contribution is -2.24. The molecule has 1 heteroatoms. The highest BCUT2D eigenvalue weighted by Crippen LogP contribution is 2.46. The standard InChI is InChI=1S/C19H23N/c1-13-9-10-16(11-14(13)2)20-18-17-8-6-5-7-15(17)12-19(18,3)4/h5-11,18,20H,12H2,1-4H3. The van der Waals surface area contributed by atoms with Crippen LogP contribution in [0.2, 0.25) is 0 Å². The molecule has 0 heterocycles. The first kappa shape index (κ1) is 13.2. The molecule has 1 aliphatic rings. The Morgan fingerprint density at radius 2 is 1.75 bits per heavy atom. The summed E-state index contributed by atoms with van der Waals surface area (Å²) in [4.78, 5) is 0. The minimum absolute atomic E-state index is 0.252. The maximum Gasteiger partial charge on any atom is 0.0570 e. The summed E-state index contributed by atoms with van der Waals surface area (Å²) in [5, 5.41) is 3.76. The van der Waals surface area contributed by atoms with Crippen LogP contribution in [-0.4, -0.2) is 0 Å². The minimum atomic E-state index is 0.252. The van der Waals surface area contributed by atoms with Crippen LogP contribution >= 0.6 is 0 Å². The summed E-state index contributed by atoms with van der Waals surface area (Å²) in [5.74, 6) is 0. The van der Waals surface area contributed by atoms with E-state index in [-0.39, 0.29) is 5.41 Å². The molecule has 0 saturated heterocycles. The zero-order valence-corrected chi connectivity index (χ0v) is 12.8. The maximum atomic E-state index is 3.76. The van der Waals surface area contributed by atoms with E-state index in [2.05, 4.69) is 75.5 Å². The molecule has 0 spiro atoms. The molecule has 0 aliphatic heterocycles. The van der Waals surface area contributed by atoms with Gasteiger partial charge in [-0.2, -0.15) is 0 Å². The SMILES string of the molecule is Cc1ccc(NC2c3ccccc3CC2(C)C)cc1C. The molecule has 1 N–H and O–H groups in total. The van der Waals surface area contributed by atoms with Gasteiger partial charge in [0.05, 0.1) is 6.04 Å². The molecule has 104 valence electrons. The number of hydrogen-bond acceptors (Lipinski definition) is 1. The van der Waals surface area contributed by atoms with E-state index in [1.807, 2.05) is 0 Å². The van der Waals surface area contributed by atoms with Crippen molar-refractivity contribution in [2.75, 3.05) is 5.32 Å². The Balaban J connectivity index is 1.94. The lowest BCUT2D eigenvalue weighted by molar-refractivity contribution is 0.337. The second kappa shape index (κ2) is 4.66. The summed E-state index contributed by atoms with van der Waals surface area (Å²) < 4.78 is 0. The molecule has 2 aromatic rings. The van der Waals surface area contributed by atoms with Gasteiger partial charge in [-0.15, -0.1) is 0 Å². The molecule has 3 rings (SSSR count). The lowest BCUT2D eigenvalue weighted by atomic mass is 9.85. The first-order valence-corrected chi connectivity index (χ1v) is 7.39. The van der Waals surface area contributed by atoms with Crippen LogP contribution in [0.3, 0.4) is 0 Å². The highest BCUT2D eigenvalue weighted by molar-refractivity contribution is 5.52. The van der Waals surface area contributed by atoms with Crippen molar-refractivity contribution >= 4 is 5.69 Å². The maximum absolute atomic E-state index is 3.76. The van der Waals surface area contributed by atoms with Crippen LogP contribution in [0.15, 0.2) is 42.5 Å². The summed E-state index contributed by atoms with van der Waals surface area (Å²) >= 11 is 0. The van der Waals surface area contributed by atoms with Crippen LogP contribution in [0.4, 0.5) is 5.69 Å². The summed E-state index contributed by atoms with van der Waals surface area (Å²) in [5.41, 5.74) is 7.11. The third-order valence-corrected chi connectivity index (χ3v) is 4.61. The number of fused-ring (bicyclic) bond motifs is 1. The average molecular weight is 265 g/mol. The number of hydrogen-bond donors (Lipinski definition) is 1. The van der Waals surface area contributed by atoms with Crippen LogP contribution in [0.25, 0.3) is 0 Å². The topological polar surface area (TPSA) is 12.0 Å². The Hall–Kier alpha value is -1.76. The molecule has 2 aromatic carbocycles. The monoisotopic (exact) mass is 265 g/mol. The highest BCUT2D eigenvalue weighted by Gasteiger charge is 2.38. The van der Waals surface area contributed by atoms with Gasteiger partial charge in [-0.25, -0.2) is 0 Å². The predicted molar refractivity (Wildman–Crippen MR) is 86.2 cm³/mol. The summed E-state index contributed by atoms with van der Waals surface area (Å²) in [6.45, 7) is 9.04. The molecular weight excluding hydrogens is 242 g/mol. The smallest absolute Gasteiger partial charge is 0.0570 e. The Labute approximate surface area is 122 Å². The molecule has 20 heavy (non-hydrogen) atoms. The van der Waals surface area contributed by atoms with Gasteiger partial charge in [0, 0.05) is 5.69 Å². The van der Waals surface area contributed by atoms with E-state index in [0.717, 1.165) is 6.42 Å². The number of anilines is 1. The van der Waals surface area contributed by atoms with Gasteiger partial charge < -0.3 is 5.32 Å². The molecule has 1 nitrogen and oxygen atoms in total. The van der Waals surface area contributed by atoms with Crippen LogP contribution < -0.4 is 5.32 Å². The van der Waals surface area contributed by atoms with Crippen molar-refractivity contribution in [3.8, 4) is 0 Å². The van der Waals surface area contributed by atoms with Crippen molar-refractivity contribution < 1.29 is 0 Å². The zero-order chi connectivity index (χ0) is 14.3. The fourth-order valence-corrected chi connectivity index (χ4v) is 3.26. The van der Waals surface area contributed by atoms with E-state index in [4.69, 9.17) is 0 Å². The van der Waals surface area contributed by atoms with Crippen LogP contribution in [0.1, 0.15) is 42.1 Å². The van der Waals surface area contributed by atoms with Crippen molar-refractivity contribution in [3.05, 3.63) is 64.7 Å². The third-order valence-electron chi connectivity index (χ3n) is 4.61. The van der Waals surface area contributed by atoms with Crippen molar-refractivity contribution in [1.82, 2.24) is 0 Å². The first-order valence-electron chi connectivity index (χ1n) is 7.39. The molecule has 0 saturated carbocycles. The summed E-state index contributed by atoms with van der Waals surface area (Å²) in [7, 11) is 0. The molecule has 0 radical (unpaired) electrons. The largest absolute Gasteiger partial charge is 0.378 e. The van der Waals surface area contributed by atoms with Gasteiger partial charge in [0.2, 0.25) is 0 Å². The quantitative estimate of drug-likeness (QED) is 0.802. The van der Waals surface area contributed by atoms with Crippen molar-refractivity contribution in [3.63, 3.8) is 0 Å². The highest BCUT2D eigenvalue weighted by atomic mass is 14.9. The molecule has 1 aliphatic carbocycles. The summed E-state index contributed by atoms with van der Waals surface area (Å²) in [6.07, 6.45) is 1.14. The number of nitrogens with one attached hydrogen (secondary N) is 1. The Kier molecular flexibility index (Phi) is 3.08. The first-order chi connectivity index (χ1) is 9.47. The second-order valence-corrected chi connectivity index (χ2v) is 6.74. The van der Waals surface area contributed by atoms with Gasteiger partial charge >= 0.3 is 0 Å².